The third-order valence-electron chi connectivity index (χ3n) is 2.71. The van der Waals surface area contributed by atoms with Gasteiger partial charge in [0, 0.05) is 24.3 Å². The molecular weight excluding hydrogens is 335 g/mol. The maximum absolute atomic E-state index is 13.6. The molecule has 2 rings (SSSR count). The molecule has 8 nitrogen and oxygen atoms in total. The number of carbonyl (C=O) groups excluding carboxylic acids is 1. The van der Waals surface area contributed by atoms with E-state index in [9.17, 15) is 29.4 Å². The number of non-ortho nitro benzene ring substituents is 1. The van der Waals surface area contributed by atoms with Gasteiger partial charge >= 0.3 is 5.97 Å². The lowest BCUT2D eigenvalue weighted by atomic mass is 10.2. The Balaban J connectivity index is 2.29. The van der Waals surface area contributed by atoms with Gasteiger partial charge in [0.15, 0.2) is 0 Å². The third kappa shape index (κ3) is 3.58. The van der Waals surface area contributed by atoms with Crippen molar-refractivity contribution in [3.05, 3.63) is 73.0 Å². The maximum Gasteiger partial charge on any atom is 0.346 e. The van der Waals surface area contributed by atoms with Gasteiger partial charge in [-0.1, -0.05) is 11.6 Å². The van der Waals surface area contributed by atoms with Crippen molar-refractivity contribution in [2.45, 2.75) is 0 Å². The van der Waals surface area contributed by atoms with Gasteiger partial charge in [0.05, 0.1) is 9.85 Å². The Morgan fingerprint density at radius 1 is 1.09 bits per heavy atom. The van der Waals surface area contributed by atoms with E-state index in [1.165, 1.54) is 0 Å². The highest BCUT2D eigenvalue weighted by molar-refractivity contribution is 6.32. The van der Waals surface area contributed by atoms with Crippen molar-refractivity contribution < 1.29 is 23.8 Å². The van der Waals surface area contributed by atoms with Crippen molar-refractivity contribution in [3.63, 3.8) is 0 Å². The molecule has 0 fully saturated rings. The minimum absolute atomic E-state index is 0.170. The molecule has 0 radical (unpaired) electrons. The summed E-state index contributed by atoms with van der Waals surface area (Å²) in [5.41, 5.74) is -1.53. The quantitative estimate of drug-likeness (QED) is 0.364. The summed E-state index contributed by atoms with van der Waals surface area (Å²) in [5, 5.41) is 21.0. The highest BCUT2D eigenvalue weighted by Crippen LogP contribution is 2.29. The first kappa shape index (κ1) is 16.3. The zero-order valence-electron chi connectivity index (χ0n) is 11.1. The van der Waals surface area contributed by atoms with E-state index in [1.54, 1.807) is 0 Å². The number of rotatable bonds is 4. The number of carbonyl (C=O) groups is 1. The number of esters is 1. The molecule has 118 valence electrons. The fourth-order valence-electron chi connectivity index (χ4n) is 1.64. The zero-order valence-corrected chi connectivity index (χ0v) is 11.8. The second-order valence-corrected chi connectivity index (χ2v) is 4.59. The van der Waals surface area contributed by atoms with Gasteiger partial charge in [-0.25, -0.2) is 9.18 Å². The molecule has 0 atom stereocenters. The standard InChI is InChI=1S/C13H6ClFN2O6/c14-10-6-8(2-4-12(10)17(21)22)23-13(18)9-5-7(16(19)20)1-3-11(9)15/h1-6H. The lowest BCUT2D eigenvalue weighted by molar-refractivity contribution is -0.385. The predicted molar refractivity (Wildman–Crippen MR) is 76.1 cm³/mol. The average Bonchev–Trinajstić information content (AvgIpc) is 2.46. The summed E-state index contributed by atoms with van der Waals surface area (Å²) in [6, 6.07) is 5.50. The first-order valence-corrected chi connectivity index (χ1v) is 6.27. The van der Waals surface area contributed by atoms with Crippen LogP contribution in [0.1, 0.15) is 10.4 Å². The monoisotopic (exact) mass is 340 g/mol. The molecule has 10 heteroatoms. The van der Waals surface area contributed by atoms with E-state index in [4.69, 9.17) is 16.3 Å². The van der Waals surface area contributed by atoms with E-state index in [0.717, 1.165) is 36.4 Å². The number of halogens is 2. The van der Waals surface area contributed by atoms with E-state index in [-0.39, 0.29) is 10.8 Å². The van der Waals surface area contributed by atoms with Crippen molar-refractivity contribution in [3.8, 4) is 5.75 Å². The first-order valence-electron chi connectivity index (χ1n) is 5.89. The number of hydrogen-bond donors (Lipinski definition) is 0. The Morgan fingerprint density at radius 3 is 2.35 bits per heavy atom. The second-order valence-electron chi connectivity index (χ2n) is 4.18. The van der Waals surface area contributed by atoms with Crippen molar-refractivity contribution in [2.24, 2.45) is 0 Å². The highest BCUT2D eigenvalue weighted by Gasteiger charge is 2.20. The molecule has 23 heavy (non-hydrogen) atoms. The Labute approximate surface area is 132 Å². The number of nitro benzene ring substituents is 2. The number of nitrogens with zero attached hydrogens (tertiary/aromatic N) is 2. The van der Waals surface area contributed by atoms with Gasteiger partial charge in [0.1, 0.15) is 22.2 Å². The summed E-state index contributed by atoms with van der Waals surface area (Å²) in [4.78, 5) is 31.6. The third-order valence-corrected chi connectivity index (χ3v) is 3.01. The summed E-state index contributed by atoms with van der Waals surface area (Å²) in [7, 11) is 0. The van der Waals surface area contributed by atoms with Crippen LogP contribution in [-0.4, -0.2) is 15.8 Å². The van der Waals surface area contributed by atoms with E-state index < -0.39 is 38.6 Å². The molecule has 0 saturated heterocycles. The summed E-state index contributed by atoms with van der Waals surface area (Å²) >= 11 is 5.66. The van der Waals surface area contributed by atoms with Gasteiger partial charge in [-0.05, 0) is 12.1 Å². The van der Waals surface area contributed by atoms with Crippen LogP contribution in [0.15, 0.2) is 36.4 Å². The number of ether oxygens (including phenoxy) is 1. The fraction of sp³-hybridized carbons (Fsp3) is 0. The first-order chi connectivity index (χ1) is 10.8. The second kappa shape index (κ2) is 6.36. The van der Waals surface area contributed by atoms with Crippen LogP contribution in [0.3, 0.4) is 0 Å². The number of nitro groups is 2. The average molecular weight is 341 g/mol. The lowest BCUT2D eigenvalue weighted by Crippen LogP contribution is -2.11. The van der Waals surface area contributed by atoms with Crippen molar-refractivity contribution in [1.29, 1.82) is 0 Å². The van der Waals surface area contributed by atoms with Crippen molar-refractivity contribution in [2.75, 3.05) is 0 Å². The van der Waals surface area contributed by atoms with Crippen LogP contribution in [0.5, 0.6) is 5.75 Å². The summed E-state index contributed by atoms with van der Waals surface area (Å²) in [5.74, 6) is -2.37. The van der Waals surface area contributed by atoms with Crippen LogP contribution in [0.25, 0.3) is 0 Å². The van der Waals surface area contributed by atoms with E-state index in [0.29, 0.717) is 0 Å². The molecule has 0 saturated carbocycles. The maximum atomic E-state index is 13.6. The zero-order chi connectivity index (χ0) is 17.1. The molecule has 0 aliphatic rings. The molecule has 0 bridgehead atoms. The Kier molecular flexibility index (Phi) is 4.51. The Hall–Kier alpha value is -3.07. The Morgan fingerprint density at radius 2 is 1.78 bits per heavy atom. The van der Waals surface area contributed by atoms with Crippen molar-refractivity contribution >= 4 is 28.9 Å². The molecule has 2 aromatic carbocycles. The molecule has 0 aliphatic carbocycles. The molecule has 0 spiro atoms. The molecule has 0 heterocycles. The predicted octanol–water partition coefficient (Wildman–Crippen LogP) is 3.51. The summed E-state index contributed by atoms with van der Waals surface area (Å²) < 4.78 is 18.4. The van der Waals surface area contributed by atoms with E-state index >= 15 is 0 Å². The normalized spacial score (nSPS) is 10.2. The van der Waals surface area contributed by atoms with Gasteiger partial charge in [0.25, 0.3) is 11.4 Å². The van der Waals surface area contributed by atoms with Gasteiger partial charge in [-0.2, -0.15) is 0 Å². The number of benzene rings is 2. The highest BCUT2D eigenvalue weighted by atomic mass is 35.5. The van der Waals surface area contributed by atoms with Gasteiger partial charge in [-0.3, -0.25) is 20.2 Å². The minimum atomic E-state index is -1.20. The molecular formula is C13H6ClFN2O6. The van der Waals surface area contributed by atoms with Gasteiger partial charge in [0.2, 0.25) is 0 Å². The topological polar surface area (TPSA) is 113 Å². The van der Waals surface area contributed by atoms with Gasteiger partial charge < -0.3 is 4.74 Å². The molecule has 0 N–H and O–H groups in total. The molecule has 0 unspecified atom stereocenters. The molecule has 0 aliphatic heterocycles. The van der Waals surface area contributed by atoms with Crippen LogP contribution >= 0.6 is 11.6 Å². The smallest absolute Gasteiger partial charge is 0.346 e. The summed E-state index contributed by atoms with van der Waals surface area (Å²) in [6.45, 7) is 0. The molecule has 0 aromatic heterocycles. The fourth-order valence-corrected chi connectivity index (χ4v) is 1.88. The van der Waals surface area contributed by atoms with Crippen LogP contribution in [0.2, 0.25) is 5.02 Å². The van der Waals surface area contributed by atoms with Gasteiger partial charge in [-0.15, -0.1) is 0 Å². The van der Waals surface area contributed by atoms with E-state index in [1.807, 2.05) is 0 Å². The van der Waals surface area contributed by atoms with Crippen LogP contribution in [0, 0.1) is 26.0 Å². The minimum Gasteiger partial charge on any atom is -0.423 e. The Bertz CT molecular complexity index is 826. The summed E-state index contributed by atoms with van der Waals surface area (Å²) in [6.07, 6.45) is 0. The SMILES string of the molecule is O=C(Oc1ccc([N+](=O)[O-])c(Cl)c1)c1cc([N+](=O)[O-])ccc1F. The van der Waals surface area contributed by atoms with Crippen LogP contribution < -0.4 is 4.74 Å². The van der Waals surface area contributed by atoms with Crippen LogP contribution in [-0.2, 0) is 0 Å². The van der Waals surface area contributed by atoms with Crippen LogP contribution in [0.4, 0.5) is 15.8 Å². The van der Waals surface area contributed by atoms with Crippen molar-refractivity contribution in [1.82, 2.24) is 0 Å². The largest absolute Gasteiger partial charge is 0.423 e. The number of hydrogen-bond acceptors (Lipinski definition) is 6. The molecule has 0 amide bonds. The lowest BCUT2D eigenvalue weighted by Gasteiger charge is -2.06. The van der Waals surface area contributed by atoms with E-state index in [2.05, 4.69) is 0 Å². The molecule has 2 aromatic rings.